The summed E-state index contributed by atoms with van der Waals surface area (Å²) in [5.41, 5.74) is 0.286. The molecule has 0 N–H and O–H groups in total. The second-order valence-corrected chi connectivity index (χ2v) is 9.27. The lowest BCUT2D eigenvalue weighted by atomic mass is 9.98. The fourth-order valence-corrected chi connectivity index (χ4v) is 4.43. The van der Waals surface area contributed by atoms with Crippen LogP contribution >= 0.6 is 22.6 Å². The summed E-state index contributed by atoms with van der Waals surface area (Å²) in [7, 11) is 1.68. The molecule has 3 aromatic heterocycles. The molecule has 1 saturated heterocycles. The van der Waals surface area contributed by atoms with Gasteiger partial charge in [-0.05, 0) is 31.0 Å². The molecule has 6 nitrogen and oxygen atoms in total. The molecule has 4 heterocycles. The molecule has 0 aliphatic carbocycles. The molecule has 0 bridgehead atoms. The Morgan fingerprint density at radius 1 is 1.09 bits per heavy atom. The summed E-state index contributed by atoms with van der Waals surface area (Å²) in [5.74, 6) is -0.925. The highest BCUT2D eigenvalue weighted by Crippen LogP contribution is 2.37. The first-order valence-electron chi connectivity index (χ1n) is 10.2. The molecule has 3 aromatic rings. The first-order valence-corrected chi connectivity index (χ1v) is 11.3. The van der Waals surface area contributed by atoms with Crippen LogP contribution in [0.5, 0.6) is 0 Å². The first-order chi connectivity index (χ1) is 15.5. The summed E-state index contributed by atoms with van der Waals surface area (Å²) in [5, 5.41) is 0.569. The SMILES string of the molecule is CN(Cc1cccnc1C(F)(F)I)c1nc(N2CCCC(C(F)(F)F)C2)nc2ncccc12. The largest absolute Gasteiger partial charge is 0.393 e. The monoisotopic (exact) mass is 578 g/mol. The number of pyridine rings is 2. The summed E-state index contributed by atoms with van der Waals surface area (Å²) in [6, 6.07) is 6.57. The van der Waals surface area contributed by atoms with Crippen LogP contribution in [0.4, 0.5) is 33.7 Å². The van der Waals surface area contributed by atoms with Crippen molar-refractivity contribution < 1.29 is 22.0 Å². The van der Waals surface area contributed by atoms with Crippen LogP contribution in [0.1, 0.15) is 24.1 Å². The molecular weight excluding hydrogens is 558 g/mol. The van der Waals surface area contributed by atoms with Gasteiger partial charge in [-0.2, -0.15) is 31.9 Å². The van der Waals surface area contributed by atoms with Crippen molar-refractivity contribution in [1.82, 2.24) is 19.9 Å². The first kappa shape index (κ1) is 23.8. The van der Waals surface area contributed by atoms with Crippen molar-refractivity contribution in [3.63, 3.8) is 0 Å². The van der Waals surface area contributed by atoms with E-state index in [2.05, 4.69) is 19.9 Å². The van der Waals surface area contributed by atoms with Gasteiger partial charge in [-0.15, -0.1) is 0 Å². The third-order valence-electron chi connectivity index (χ3n) is 5.54. The van der Waals surface area contributed by atoms with E-state index in [1.807, 2.05) is 0 Å². The van der Waals surface area contributed by atoms with E-state index in [0.29, 0.717) is 35.4 Å². The van der Waals surface area contributed by atoms with Crippen molar-refractivity contribution in [1.29, 1.82) is 0 Å². The van der Waals surface area contributed by atoms with Gasteiger partial charge in [0.05, 0.1) is 11.3 Å². The van der Waals surface area contributed by atoms with Crippen molar-refractivity contribution in [2.75, 3.05) is 29.9 Å². The fraction of sp³-hybridized carbons (Fsp3) is 0.429. The molecule has 176 valence electrons. The highest BCUT2D eigenvalue weighted by Gasteiger charge is 2.42. The Bertz CT molecular complexity index is 1140. The summed E-state index contributed by atoms with van der Waals surface area (Å²) >= 11 is 1.04. The number of rotatable bonds is 5. The molecule has 0 aromatic carbocycles. The summed E-state index contributed by atoms with van der Waals surface area (Å²) < 4.78 is 64.8. The van der Waals surface area contributed by atoms with Crippen LogP contribution in [0.15, 0.2) is 36.7 Å². The minimum atomic E-state index is -4.30. The van der Waals surface area contributed by atoms with Gasteiger partial charge in [-0.1, -0.05) is 6.07 Å². The standard InChI is InChI=1S/C21H20F5IN6/c1-32(11-13-5-2-8-28-16(13)21(25,26)27)18-15-7-3-9-29-17(15)30-19(31-18)33-10-4-6-14(12-33)20(22,23)24/h2-3,5,7-9,14H,4,6,10-12H2,1H3. The molecule has 1 atom stereocenters. The molecule has 12 heteroatoms. The maximum absolute atomic E-state index is 14.0. The second-order valence-electron chi connectivity index (χ2n) is 7.91. The Morgan fingerprint density at radius 2 is 1.82 bits per heavy atom. The highest BCUT2D eigenvalue weighted by atomic mass is 127. The van der Waals surface area contributed by atoms with Gasteiger partial charge in [-0.3, -0.25) is 4.98 Å². The minimum Gasteiger partial charge on any atom is -0.355 e. The van der Waals surface area contributed by atoms with Gasteiger partial charge in [0.1, 0.15) is 11.5 Å². The van der Waals surface area contributed by atoms with Crippen LogP contribution in [0.25, 0.3) is 11.0 Å². The van der Waals surface area contributed by atoms with Crippen LogP contribution in [0, 0.1) is 5.92 Å². The van der Waals surface area contributed by atoms with Crippen molar-refractivity contribution >= 4 is 45.4 Å². The minimum absolute atomic E-state index is 0.0624. The Labute approximate surface area is 200 Å². The van der Waals surface area contributed by atoms with Crippen molar-refractivity contribution in [2.24, 2.45) is 5.92 Å². The van der Waals surface area contributed by atoms with Crippen molar-refractivity contribution in [3.05, 3.63) is 47.9 Å². The van der Waals surface area contributed by atoms with E-state index in [1.165, 1.54) is 17.3 Å². The molecule has 1 aliphatic rings. The van der Waals surface area contributed by atoms with Gasteiger partial charge in [0.15, 0.2) is 5.65 Å². The molecule has 33 heavy (non-hydrogen) atoms. The number of fused-ring (bicyclic) bond motifs is 1. The molecule has 0 radical (unpaired) electrons. The molecule has 4 rings (SSSR count). The van der Waals surface area contributed by atoms with Crippen LogP contribution in [-0.4, -0.2) is 46.2 Å². The van der Waals surface area contributed by atoms with E-state index in [0.717, 1.165) is 22.6 Å². The predicted octanol–water partition coefficient (Wildman–Crippen LogP) is 5.32. The van der Waals surface area contributed by atoms with Crippen molar-refractivity contribution in [2.45, 2.75) is 29.5 Å². The molecule has 1 unspecified atom stereocenters. The molecule has 0 spiro atoms. The number of alkyl halides is 6. The van der Waals surface area contributed by atoms with Crippen LogP contribution in [0.3, 0.4) is 0 Å². The third kappa shape index (κ3) is 5.25. The summed E-state index contributed by atoms with van der Waals surface area (Å²) in [6.45, 7) is 0.216. The van der Waals surface area contributed by atoms with Crippen LogP contribution in [-0.2, 0) is 10.5 Å². The van der Waals surface area contributed by atoms with E-state index in [-0.39, 0.29) is 31.2 Å². The Kier molecular flexibility index (Phi) is 6.56. The zero-order chi connectivity index (χ0) is 23.8. The quantitative estimate of drug-likeness (QED) is 0.232. The number of hydrogen-bond donors (Lipinski definition) is 0. The van der Waals surface area contributed by atoms with E-state index >= 15 is 0 Å². The van der Waals surface area contributed by atoms with Gasteiger partial charge in [0.25, 0.3) is 0 Å². The fourth-order valence-electron chi connectivity index (χ4n) is 3.95. The van der Waals surface area contributed by atoms with E-state index < -0.39 is 16.0 Å². The highest BCUT2D eigenvalue weighted by molar-refractivity contribution is 14.1. The van der Waals surface area contributed by atoms with Crippen molar-refractivity contribution in [3.8, 4) is 0 Å². The van der Waals surface area contributed by atoms with E-state index in [1.54, 1.807) is 36.2 Å². The lowest BCUT2D eigenvalue weighted by Crippen LogP contribution is -2.42. The maximum atomic E-state index is 14.0. The molecule has 1 fully saturated rings. The lowest BCUT2D eigenvalue weighted by molar-refractivity contribution is -0.176. The van der Waals surface area contributed by atoms with Gasteiger partial charge in [0, 0.05) is 67.2 Å². The average Bonchev–Trinajstić information content (AvgIpc) is 2.77. The number of nitrogens with zero attached hydrogens (tertiary/aromatic N) is 6. The number of aromatic nitrogens is 4. The van der Waals surface area contributed by atoms with Gasteiger partial charge in [-0.25, -0.2) is 4.98 Å². The smallest absolute Gasteiger partial charge is 0.355 e. The topological polar surface area (TPSA) is 58.0 Å². The van der Waals surface area contributed by atoms with Crippen LogP contribution < -0.4 is 9.80 Å². The Morgan fingerprint density at radius 3 is 2.55 bits per heavy atom. The van der Waals surface area contributed by atoms with Crippen LogP contribution in [0.2, 0.25) is 0 Å². The molecule has 0 amide bonds. The van der Waals surface area contributed by atoms with E-state index in [4.69, 9.17) is 0 Å². The Hall–Kier alpha value is -2.38. The van der Waals surface area contributed by atoms with Gasteiger partial charge in [0.2, 0.25) is 5.95 Å². The Balaban J connectivity index is 1.71. The van der Waals surface area contributed by atoms with E-state index in [9.17, 15) is 22.0 Å². The normalized spacial score (nSPS) is 17.4. The van der Waals surface area contributed by atoms with Gasteiger partial charge >= 0.3 is 10.1 Å². The maximum Gasteiger partial charge on any atom is 0.393 e. The second kappa shape index (κ2) is 9.11. The number of hydrogen-bond acceptors (Lipinski definition) is 6. The molecular formula is C21H20F5IN6. The molecule has 0 saturated carbocycles. The summed E-state index contributed by atoms with van der Waals surface area (Å²) in [6.07, 6.45) is -1.03. The zero-order valence-corrected chi connectivity index (χ0v) is 19.7. The zero-order valence-electron chi connectivity index (χ0n) is 17.5. The number of halogens is 6. The average molecular weight is 578 g/mol. The van der Waals surface area contributed by atoms with Gasteiger partial charge < -0.3 is 9.80 Å². The lowest BCUT2D eigenvalue weighted by Gasteiger charge is -2.34. The number of piperidine rings is 1. The molecule has 1 aliphatic heterocycles. The summed E-state index contributed by atoms with van der Waals surface area (Å²) in [4.78, 5) is 20.2. The third-order valence-corrected chi connectivity index (χ3v) is 6.05. The number of anilines is 2. The predicted molar refractivity (Wildman–Crippen MR) is 123 cm³/mol.